The third-order valence-corrected chi connectivity index (χ3v) is 11.5. The number of hydrogen-bond acceptors (Lipinski definition) is 2. The fraction of sp³-hybridized carbons (Fsp3) is 0.0588. The molecule has 0 fully saturated rings. The van der Waals surface area contributed by atoms with E-state index in [9.17, 15) is 0 Å². The van der Waals surface area contributed by atoms with Gasteiger partial charge in [0.05, 0.1) is 5.41 Å². The summed E-state index contributed by atoms with van der Waals surface area (Å²) in [7, 11) is 0. The van der Waals surface area contributed by atoms with Crippen LogP contribution in [0.25, 0.3) is 60.6 Å². The van der Waals surface area contributed by atoms with E-state index in [1.165, 1.54) is 71.6 Å². The Hall–Kier alpha value is -6.64. The molecule has 0 heterocycles. The fourth-order valence-electron chi connectivity index (χ4n) is 9.31. The molecule has 0 bridgehead atoms. The van der Waals surface area contributed by atoms with Crippen molar-refractivity contribution in [3.63, 3.8) is 0 Å². The molecule has 0 amide bonds. The van der Waals surface area contributed by atoms with Crippen LogP contribution in [0.4, 0.5) is 0 Å². The predicted molar refractivity (Wildman–Crippen MR) is 223 cm³/mol. The van der Waals surface area contributed by atoms with Gasteiger partial charge < -0.3 is 11.5 Å². The Kier molecular flexibility index (Phi) is 7.03. The first-order chi connectivity index (χ1) is 26.1. The van der Waals surface area contributed by atoms with Gasteiger partial charge in [-0.25, -0.2) is 0 Å². The molecule has 53 heavy (non-hydrogen) atoms. The van der Waals surface area contributed by atoms with Crippen LogP contribution in [0.2, 0.25) is 0 Å². The highest BCUT2D eigenvalue weighted by Gasteiger charge is 2.53. The Morgan fingerprint density at radius 1 is 0.623 bits per heavy atom. The molecule has 0 saturated heterocycles. The maximum absolute atomic E-state index is 6.82. The lowest BCUT2D eigenvalue weighted by atomic mass is 9.69. The highest BCUT2D eigenvalue weighted by molar-refractivity contribution is 6.14. The van der Waals surface area contributed by atoms with E-state index in [4.69, 9.17) is 11.5 Å². The van der Waals surface area contributed by atoms with E-state index in [1.807, 2.05) is 25.2 Å². The van der Waals surface area contributed by atoms with Gasteiger partial charge in [-0.3, -0.25) is 0 Å². The Bertz CT molecular complexity index is 2790. The monoisotopic (exact) mass is 678 g/mol. The molecule has 252 valence electrons. The van der Waals surface area contributed by atoms with Crippen LogP contribution < -0.4 is 11.5 Å². The zero-order chi connectivity index (χ0) is 35.7. The zero-order valence-electron chi connectivity index (χ0n) is 29.6. The van der Waals surface area contributed by atoms with Crippen molar-refractivity contribution in [3.05, 3.63) is 221 Å². The van der Waals surface area contributed by atoms with Crippen molar-refractivity contribution in [2.75, 3.05) is 0 Å². The largest absolute Gasteiger partial charge is 0.401 e. The van der Waals surface area contributed by atoms with E-state index >= 15 is 0 Å². The summed E-state index contributed by atoms with van der Waals surface area (Å²) in [5, 5.41) is 5.06. The molecule has 7 aromatic carbocycles. The lowest BCUT2D eigenvalue weighted by molar-refractivity contribution is 0.802. The minimum absolute atomic E-state index is 0.475. The molecular formula is C51H38N2. The van der Waals surface area contributed by atoms with Crippen molar-refractivity contribution < 1.29 is 0 Å². The van der Waals surface area contributed by atoms with Gasteiger partial charge in [0, 0.05) is 17.8 Å². The number of fused-ring (bicyclic) bond motifs is 14. The molecule has 0 aliphatic heterocycles. The van der Waals surface area contributed by atoms with Crippen LogP contribution in [-0.2, 0) is 5.41 Å². The lowest BCUT2D eigenvalue weighted by Crippen LogP contribution is -2.26. The van der Waals surface area contributed by atoms with Crippen LogP contribution in [0, 0.1) is 0 Å². The predicted octanol–water partition coefficient (Wildman–Crippen LogP) is 12.0. The Labute approximate surface area is 310 Å². The zero-order valence-corrected chi connectivity index (χ0v) is 29.6. The van der Waals surface area contributed by atoms with Crippen LogP contribution in [-0.4, -0.2) is 0 Å². The van der Waals surface area contributed by atoms with E-state index in [1.54, 1.807) is 0 Å². The summed E-state index contributed by atoms with van der Waals surface area (Å²) in [6, 6.07) is 51.8. The average Bonchev–Trinajstić information content (AvgIpc) is 3.68. The second kappa shape index (κ2) is 12.0. The van der Waals surface area contributed by atoms with Gasteiger partial charge in [0.15, 0.2) is 0 Å². The minimum atomic E-state index is -0.475. The molecule has 7 aromatic rings. The number of allylic oxidation sites excluding steroid dienone is 8. The van der Waals surface area contributed by atoms with Crippen molar-refractivity contribution in [2.45, 2.75) is 18.8 Å². The first-order valence-corrected chi connectivity index (χ1v) is 18.4. The molecule has 0 saturated carbocycles. The number of nitrogens with two attached hydrogens (primary N) is 2. The molecule has 2 nitrogen and oxygen atoms in total. The average molecular weight is 679 g/mol. The summed E-state index contributed by atoms with van der Waals surface area (Å²) in [6.45, 7) is 2.01. The van der Waals surface area contributed by atoms with Crippen LogP contribution in [0.5, 0.6) is 0 Å². The number of rotatable bonds is 4. The van der Waals surface area contributed by atoms with E-state index in [-0.39, 0.29) is 0 Å². The van der Waals surface area contributed by atoms with Crippen LogP contribution in [0.1, 0.15) is 41.2 Å². The molecule has 3 aliphatic rings. The molecule has 4 N–H and O–H groups in total. The highest BCUT2D eigenvalue weighted by atomic mass is 14.6. The maximum atomic E-state index is 6.82. The Morgan fingerprint density at radius 3 is 2.08 bits per heavy atom. The topological polar surface area (TPSA) is 52.0 Å². The number of hydrogen-bond donors (Lipinski definition) is 2. The molecular weight excluding hydrogens is 641 g/mol. The quantitative estimate of drug-likeness (QED) is 0.195. The first kappa shape index (κ1) is 31.1. The molecule has 0 atom stereocenters. The summed E-state index contributed by atoms with van der Waals surface area (Å²) in [5.41, 5.74) is 30.5. The maximum Gasteiger partial charge on any atom is 0.0731 e. The van der Waals surface area contributed by atoms with Gasteiger partial charge in [-0.1, -0.05) is 158 Å². The van der Waals surface area contributed by atoms with Gasteiger partial charge in [-0.15, -0.1) is 0 Å². The van der Waals surface area contributed by atoms with Crippen molar-refractivity contribution in [1.82, 2.24) is 0 Å². The van der Waals surface area contributed by atoms with Crippen LogP contribution in [0.15, 0.2) is 193 Å². The van der Waals surface area contributed by atoms with Gasteiger partial charge in [-0.2, -0.15) is 0 Å². The Balaban J connectivity index is 1.21. The summed E-state index contributed by atoms with van der Waals surface area (Å²) in [5.74, 6) is 0. The van der Waals surface area contributed by atoms with Crippen LogP contribution in [0.3, 0.4) is 0 Å². The van der Waals surface area contributed by atoms with E-state index < -0.39 is 5.41 Å². The summed E-state index contributed by atoms with van der Waals surface area (Å²) < 4.78 is 0. The molecule has 2 heteroatoms. The van der Waals surface area contributed by atoms with E-state index in [0.717, 1.165) is 28.0 Å². The summed E-state index contributed by atoms with van der Waals surface area (Å²) >= 11 is 0. The van der Waals surface area contributed by atoms with Crippen molar-refractivity contribution in [2.24, 2.45) is 11.5 Å². The molecule has 0 aromatic heterocycles. The third kappa shape index (κ3) is 4.52. The molecule has 10 rings (SSSR count). The Morgan fingerprint density at radius 2 is 1.32 bits per heavy atom. The van der Waals surface area contributed by atoms with Gasteiger partial charge >= 0.3 is 0 Å². The number of benzene rings is 7. The molecule has 0 unspecified atom stereocenters. The normalized spacial score (nSPS) is 16.2. The third-order valence-electron chi connectivity index (χ3n) is 11.5. The molecule has 0 radical (unpaired) electrons. The van der Waals surface area contributed by atoms with Gasteiger partial charge in [0.2, 0.25) is 0 Å². The van der Waals surface area contributed by atoms with E-state index in [0.29, 0.717) is 12.1 Å². The SMILES string of the molecule is C/C=C\C1=C(N)C/C(=C\C=C(/N)c2cccc(-c3cc4c(c5ccccc35)-c3ccc5ccccc5c3C43c4ccccc4-c4ccccc43)c2)C=C1. The molecule has 1 spiro atoms. The van der Waals surface area contributed by atoms with E-state index in [2.05, 4.69) is 158 Å². The highest BCUT2D eigenvalue weighted by Crippen LogP contribution is 2.65. The van der Waals surface area contributed by atoms with Gasteiger partial charge in [-0.05, 0) is 119 Å². The minimum Gasteiger partial charge on any atom is -0.401 e. The summed E-state index contributed by atoms with van der Waals surface area (Å²) in [6.07, 6.45) is 13.1. The van der Waals surface area contributed by atoms with Crippen molar-refractivity contribution in [3.8, 4) is 33.4 Å². The van der Waals surface area contributed by atoms with Crippen LogP contribution >= 0.6 is 0 Å². The van der Waals surface area contributed by atoms with Crippen molar-refractivity contribution in [1.29, 1.82) is 0 Å². The second-order valence-corrected chi connectivity index (χ2v) is 14.4. The van der Waals surface area contributed by atoms with Crippen molar-refractivity contribution >= 4 is 27.2 Å². The fourth-order valence-corrected chi connectivity index (χ4v) is 9.31. The van der Waals surface area contributed by atoms with Gasteiger partial charge in [0.1, 0.15) is 0 Å². The second-order valence-electron chi connectivity index (χ2n) is 14.4. The molecule has 3 aliphatic carbocycles. The lowest BCUT2D eigenvalue weighted by Gasteiger charge is -2.32. The first-order valence-electron chi connectivity index (χ1n) is 18.4. The summed E-state index contributed by atoms with van der Waals surface area (Å²) in [4.78, 5) is 0. The smallest absolute Gasteiger partial charge is 0.0731 e. The standard InChI is InChI=1S/C51H38N2/c1-2-12-34-25-23-32(29-48(34)53)24-28-47(52)36-15-11-14-35(30-36)43-31-46-49(41-20-6-5-17-38(41)43)42-27-26-33-13-3-4-16-37(33)50(42)51(46)44-21-9-7-18-39(44)40-19-8-10-22-45(40)51/h2-28,30-31H,29,52-53H2,1H3/b12-2-,32-24-,47-28-. The van der Waals surface area contributed by atoms with Gasteiger partial charge in [0.25, 0.3) is 0 Å².